The van der Waals surface area contributed by atoms with Gasteiger partial charge < -0.3 is 16.4 Å². The molecule has 0 radical (unpaired) electrons. The Hall–Kier alpha value is -3.60. The van der Waals surface area contributed by atoms with Gasteiger partial charge in [-0.1, -0.05) is 18.2 Å². The average Bonchev–Trinajstić information content (AvgIpc) is 3.15. The van der Waals surface area contributed by atoms with Crippen molar-refractivity contribution in [2.75, 3.05) is 41.0 Å². The number of fused-ring (bicyclic) bond motifs is 1. The minimum absolute atomic E-state index is 0.203. The van der Waals surface area contributed by atoms with E-state index < -0.39 is 10.8 Å². The molecule has 32 heavy (non-hydrogen) atoms. The summed E-state index contributed by atoms with van der Waals surface area (Å²) < 4.78 is 27.5. The molecular formula is C21H21FN8OS. The van der Waals surface area contributed by atoms with Crippen LogP contribution in [-0.4, -0.2) is 53.5 Å². The Labute approximate surface area is 185 Å². The van der Waals surface area contributed by atoms with Gasteiger partial charge in [-0.25, -0.2) is 24.0 Å². The molecule has 1 aliphatic rings. The van der Waals surface area contributed by atoms with Crippen LogP contribution in [0.3, 0.4) is 0 Å². The van der Waals surface area contributed by atoms with Crippen LogP contribution in [0.5, 0.6) is 0 Å². The summed E-state index contributed by atoms with van der Waals surface area (Å²) in [6.45, 7) is 1.36. The molecule has 1 aromatic carbocycles. The Morgan fingerprint density at radius 2 is 1.75 bits per heavy atom. The monoisotopic (exact) mass is 452 g/mol. The van der Waals surface area contributed by atoms with E-state index in [1.165, 1.54) is 6.07 Å². The number of rotatable bonds is 4. The maximum atomic E-state index is 14.2. The van der Waals surface area contributed by atoms with Crippen molar-refractivity contribution in [2.24, 2.45) is 0 Å². The minimum Gasteiger partial charge on any atom is -0.382 e. The molecule has 4 N–H and O–H groups in total. The predicted octanol–water partition coefficient (Wildman–Crippen LogP) is 1.81. The van der Waals surface area contributed by atoms with Gasteiger partial charge in [-0.3, -0.25) is 4.21 Å². The van der Waals surface area contributed by atoms with Gasteiger partial charge in [0.2, 0.25) is 0 Å². The zero-order valence-corrected chi connectivity index (χ0v) is 17.9. The molecule has 4 aromatic rings. The Balaban J connectivity index is 1.56. The van der Waals surface area contributed by atoms with E-state index in [-0.39, 0.29) is 29.8 Å². The van der Waals surface area contributed by atoms with E-state index in [1.54, 1.807) is 35.1 Å². The van der Waals surface area contributed by atoms with E-state index in [2.05, 4.69) is 20.1 Å². The summed E-state index contributed by atoms with van der Waals surface area (Å²) >= 11 is 0. The van der Waals surface area contributed by atoms with Gasteiger partial charge >= 0.3 is 0 Å². The summed E-state index contributed by atoms with van der Waals surface area (Å²) in [7, 11) is -0.824. The van der Waals surface area contributed by atoms with E-state index in [4.69, 9.17) is 11.5 Å². The van der Waals surface area contributed by atoms with Gasteiger partial charge in [0.1, 0.15) is 17.2 Å². The summed E-state index contributed by atoms with van der Waals surface area (Å²) in [6.07, 6.45) is 1.65. The van der Waals surface area contributed by atoms with Crippen LogP contribution < -0.4 is 16.4 Å². The van der Waals surface area contributed by atoms with E-state index >= 15 is 0 Å². The van der Waals surface area contributed by atoms with Gasteiger partial charge in [0.25, 0.3) is 0 Å². The lowest BCUT2D eigenvalue weighted by Crippen LogP contribution is -2.38. The third-order valence-electron chi connectivity index (χ3n) is 5.43. The largest absolute Gasteiger partial charge is 0.382 e. The minimum atomic E-state index is -0.824. The zero-order valence-electron chi connectivity index (χ0n) is 17.1. The van der Waals surface area contributed by atoms with Crippen LogP contribution in [-0.2, 0) is 17.3 Å². The molecule has 1 saturated heterocycles. The first-order chi connectivity index (χ1) is 15.5. The van der Waals surface area contributed by atoms with Crippen molar-refractivity contribution in [1.29, 1.82) is 0 Å². The van der Waals surface area contributed by atoms with Gasteiger partial charge in [0, 0.05) is 47.2 Å². The zero-order chi connectivity index (χ0) is 22.2. The Kier molecular flexibility index (Phi) is 5.17. The summed E-state index contributed by atoms with van der Waals surface area (Å²) in [6, 6.07) is 10.2. The first-order valence-corrected chi connectivity index (χ1v) is 11.6. The van der Waals surface area contributed by atoms with E-state index in [9.17, 15) is 8.60 Å². The number of nitrogens with zero attached hydrogens (tertiary/aromatic N) is 6. The first-order valence-electron chi connectivity index (χ1n) is 10.1. The molecule has 0 atom stereocenters. The van der Waals surface area contributed by atoms with Crippen LogP contribution >= 0.6 is 0 Å². The molecule has 1 fully saturated rings. The lowest BCUT2D eigenvalue weighted by molar-refractivity contribution is 0.589. The van der Waals surface area contributed by atoms with Crippen molar-refractivity contribution in [1.82, 2.24) is 24.7 Å². The van der Waals surface area contributed by atoms with Crippen molar-refractivity contribution in [3.8, 4) is 11.5 Å². The molecule has 0 saturated carbocycles. The maximum Gasteiger partial charge on any atom is 0.184 e. The van der Waals surface area contributed by atoms with Crippen molar-refractivity contribution in [3.05, 3.63) is 54.0 Å². The number of pyridine rings is 1. The first kappa shape index (κ1) is 20.3. The maximum absolute atomic E-state index is 14.2. The summed E-state index contributed by atoms with van der Waals surface area (Å²) in [4.78, 5) is 15.3. The van der Waals surface area contributed by atoms with Crippen molar-refractivity contribution < 1.29 is 8.60 Å². The lowest BCUT2D eigenvalue weighted by Gasteiger charge is -2.29. The second-order valence-electron chi connectivity index (χ2n) is 7.47. The van der Waals surface area contributed by atoms with Crippen molar-refractivity contribution in [3.63, 3.8) is 0 Å². The van der Waals surface area contributed by atoms with Gasteiger partial charge in [-0.15, -0.1) is 0 Å². The average molecular weight is 453 g/mol. The Bertz CT molecular complexity index is 1310. The van der Waals surface area contributed by atoms with Crippen LogP contribution in [0.1, 0.15) is 5.56 Å². The topological polar surface area (TPSA) is 129 Å². The summed E-state index contributed by atoms with van der Waals surface area (Å²) in [5.74, 6) is 1.54. The predicted molar refractivity (Wildman–Crippen MR) is 123 cm³/mol. The van der Waals surface area contributed by atoms with Gasteiger partial charge in [-0.2, -0.15) is 5.10 Å². The van der Waals surface area contributed by atoms with Crippen LogP contribution in [0.4, 0.5) is 21.7 Å². The molecular weight excluding hydrogens is 431 g/mol. The summed E-state index contributed by atoms with van der Waals surface area (Å²) in [5.41, 5.74) is 14.6. The normalized spacial score (nSPS) is 14.8. The second kappa shape index (κ2) is 8.15. The van der Waals surface area contributed by atoms with Gasteiger partial charge in [0.15, 0.2) is 23.1 Å². The molecule has 3 aromatic heterocycles. The molecule has 0 bridgehead atoms. The van der Waals surface area contributed by atoms with Gasteiger partial charge in [-0.05, 0) is 18.2 Å². The van der Waals surface area contributed by atoms with E-state index in [0.717, 1.165) is 0 Å². The molecule has 11 heteroatoms. The molecule has 0 unspecified atom stereocenters. The fraction of sp³-hybridized carbons (Fsp3) is 0.238. The highest BCUT2D eigenvalue weighted by Gasteiger charge is 2.24. The van der Waals surface area contributed by atoms with Crippen LogP contribution in [0.2, 0.25) is 0 Å². The fourth-order valence-electron chi connectivity index (χ4n) is 3.85. The number of benzene rings is 1. The number of anilines is 3. The molecule has 9 nitrogen and oxygen atoms in total. The highest BCUT2D eigenvalue weighted by atomic mass is 32.2. The number of halogens is 1. The Morgan fingerprint density at radius 3 is 2.47 bits per heavy atom. The van der Waals surface area contributed by atoms with Crippen molar-refractivity contribution >= 4 is 39.2 Å². The molecule has 1 aliphatic heterocycles. The van der Waals surface area contributed by atoms with Gasteiger partial charge in [0.05, 0.1) is 11.9 Å². The number of nitrogen functional groups attached to an aromatic ring is 2. The lowest BCUT2D eigenvalue weighted by atomic mass is 10.2. The van der Waals surface area contributed by atoms with Crippen LogP contribution in [0, 0.1) is 5.82 Å². The van der Waals surface area contributed by atoms with Crippen LogP contribution in [0.25, 0.3) is 22.6 Å². The molecule has 0 aliphatic carbocycles. The van der Waals surface area contributed by atoms with E-state index in [1.807, 2.05) is 11.0 Å². The number of aromatic nitrogens is 5. The summed E-state index contributed by atoms with van der Waals surface area (Å²) in [5, 5.41) is 5.34. The Morgan fingerprint density at radius 1 is 1.03 bits per heavy atom. The highest BCUT2D eigenvalue weighted by Crippen LogP contribution is 2.33. The number of hydrogen-bond donors (Lipinski definition) is 2. The highest BCUT2D eigenvalue weighted by molar-refractivity contribution is 7.85. The quantitative estimate of drug-likeness (QED) is 0.480. The molecule has 5 rings (SSSR count). The fourth-order valence-corrected chi connectivity index (χ4v) is 4.91. The van der Waals surface area contributed by atoms with E-state index in [0.29, 0.717) is 52.6 Å². The molecule has 0 spiro atoms. The number of hydrogen-bond acceptors (Lipinski definition) is 8. The molecule has 164 valence electrons. The third-order valence-corrected chi connectivity index (χ3v) is 6.70. The second-order valence-corrected chi connectivity index (χ2v) is 9.17. The van der Waals surface area contributed by atoms with Crippen LogP contribution in [0.15, 0.2) is 42.6 Å². The standard InChI is InChI=1S/C21H21FN8OS/c22-15-6-2-1-4-13(15)12-30-21-14(5-3-7-25-21)16(28-30)20-26-18(23)17(19(24)27-20)29-8-10-32(31)11-9-29/h1-7H,8-12H2,(H4,23,24,26,27). The SMILES string of the molecule is Nc1nc(-c2nn(Cc3ccccc3F)c3ncccc23)nc(N)c1N1CCS(=O)CC1. The molecule has 0 amide bonds. The molecule has 4 heterocycles. The smallest absolute Gasteiger partial charge is 0.184 e. The van der Waals surface area contributed by atoms with Crippen molar-refractivity contribution in [2.45, 2.75) is 6.54 Å². The third kappa shape index (κ3) is 3.64. The number of nitrogens with two attached hydrogens (primary N) is 2.